The van der Waals surface area contributed by atoms with Crippen LogP contribution >= 0.6 is 0 Å². The van der Waals surface area contributed by atoms with Gasteiger partial charge in [0.1, 0.15) is 23.9 Å². The van der Waals surface area contributed by atoms with E-state index >= 15 is 0 Å². The highest BCUT2D eigenvalue weighted by atomic mass is 19.1. The molecule has 1 aliphatic heterocycles. The molecule has 1 saturated heterocycles. The van der Waals surface area contributed by atoms with E-state index in [4.69, 9.17) is 15.2 Å². The smallest absolute Gasteiger partial charge is 0.260 e. The maximum absolute atomic E-state index is 13.5. The normalized spacial score (nSPS) is 14.5. The molecule has 3 rings (SSSR count). The number of carbonyl (C=O) groups excluding carboxylic acids is 2. The largest absolute Gasteiger partial charge is 0.496 e. The van der Waals surface area contributed by atoms with Crippen LogP contribution in [0.25, 0.3) is 0 Å². The molecule has 0 radical (unpaired) electrons. The fraction of sp³-hybridized carbons (Fsp3) is 0.333. The van der Waals surface area contributed by atoms with Crippen molar-refractivity contribution in [2.75, 3.05) is 39.9 Å². The third-order valence-corrected chi connectivity index (χ3v) is 5.01. The van der Waals surface area contributed by atoms with Crippen LogP contribution in [0.15, 0.2) is 42.5 Å². The molecular weight excluding hydrogens is 377 g/mol. The minimum absolute atomic E-state index is 0.147. The Kier molecular flexibility index (Phi) is 6.66. The van der Waals surface area contributed by atoms with Gasteiger partial charge in [0, 0.05) is 0 Å². The van der Waals surface area contributed by atoms with Crippen LogP contribution in [-0.2, 0) is 11.3 Å². The summed E-state index contributed by atoms with van der Waals surface area (Å²) in [6, 6.07) is 11.1. The lowest BCUT2D eigenvalue weighted by atomic mass is 10.1. The Morgan fingerprint density at radius 2 is 1.86 bits per heavy atom. The summed E-state index contributed by atoms with van der Waals surface area (Å²) in [5.41, 5.74) is 6.39. The van der Waals surface area contributed by atoms with E-state index in [0.717, 1.165) is 18.7 Å². The Labute approximate surface area is 168 Å². The Hall–Kier alpha value is -3.13. The molecule has 2 aromatic rings. The molecule has 29 heavy (non-hydrogen) atoms. The predicted octanol–water partition coefficient (Wildman–Crippen LogP) is 0.239. The van der Waals surface area contributed by atoms with Crippen LogP contribution in [0.1, 0.15) is 15.9 Å². The second kappa shape index (κ2) is 9.38. The highest BCUT2D eigenvalue weighted by molar-refractivity contribution is 5.95. The summed E-state index contributed by atoms with van der Waals surface area (Å²) < 4.78 is 24.4. The second-order valence-electron chi connectivity index (χ2n) is 6.91. The van der Waals surface area contributed by atoms with Crippen molar-refractivity contribution in [2.24, 2.45) is 5.73 Å². The lowest BCUT2D eigenvalue weighted by Crippen LogP contribution is -3.13. The maximum Gasteiger partial charge on any atom is 0.260 e. The standard InChI is InChI=1S/C21H24FN3O4/c1-28-18-7-6-16(22)12-15(18)13-24-8-10-25(11-9-24)20(26)14-29-19-5-3-2-4-17(19)21(23)27/h2-7,12H,8-11,13-14H2,1H3,(H2,23,27)/p+1. The zero-order valence-corrected chi connectivity index (χ0v) is 16.3. The van der Waals surface area contributed by atoms with Crippen molar-refractivity contribution in [1.29, 1.82) is 0 Å². The number of halogens is 1. The van der Waals surface area contributed by atoms with Crippen molar-refractivity contribution in [3.8, 4) is 11.5 Å². The van der Waals surface area contributed by atoms with E-state index in [1.165, 1.54) is 17.0 Å². The van der Waals surface area contributed by atoms with Gasteiger partial charge in [-0.1, -0.05) is 12.1 Å². The summed E-state index contributed by atoms with van der Waals surface area (Å²) in [6.07, 6.45) is 0. The number of carbonyl (C=O) groups is 2. The molecule has 3 N–H and O–H groups in total. The summed E-state index contributed by atoms with van der Waals surface area (Å²) in [7, 11) is 1.57. The zero-order valence-electron chi connectivity index (χ0n) is 16.3. The Morgan fingerprint density at radius 3 is 2.55 bits per heavy atom. The van der Waals surface area contributed by atoms with Crippen molar-refractivity contribution in [2.45, 2.75) is 6.54 Å². The van der Waals surface area contributed by atoms with Gasteiger partial charge in [-0.15, -0.1) is 0 Å². The van der Waals surface area contributed by atoms with Crippen molar-refractivity contribution in [3.63, 3.8) is 0 Å². The molecule has 2 amide bonds. The Bertz CT molecular complexity index is 882. The number of hydrogen-bond acceptors (Lipinski definition) is 4. The number of piperazine rings is 1. The molecule has 8 heteroatoms. The molecule has 0 aliphatic carbocycles. The van der Waals surface area contributed by atoms with Crippen LogP contribution in [0.2, 0.25) is 0 Å². The van der Waals surface area contributed by atoms with Crippen LogP contribution in [-0.4, -0.2) is 56.6 Å². The number of nitrogens with zero attached hydrogens (tertiary/aromatic N) is 1. The molecular formula is C21H25FN3O4+. The van der Waals surface area contributed by atoms with Gasteiger partial charge in [-0.05, 0) is 30.3 Å². The first-order valence-corrected chi connectivity index (χ1v) is 9.43. The SMILES string of the molecule is COc1ccc(F)cc1C[NH+]1CCN(C(=O)COc2ccccc2C(N)=O)CC1. The van der Waals surface area contributed by atoms with Gasteiger partial charge in [0.2, 0.25) is 0 Å². The minimum Gasteiger partial charge on any atom is -0.496 e. The number of benzene rings is 2. The van der Waals surface area contributed by atoms with Crippen molar-refractivity contribution in [3.05, 3.63) is 59.4 Å². The quantitative estimate of drug-likeness (QED) is 0.695. The van der Waals surface area contributed by atoms with E-state index in [1.807, 2.05) is 0 Å². The number of quaternary nitrogens is 1. The summed E-state index contributed by atoms with van der Waals surface area (Å²) in [6.45, 7) is 3.11. The van der Waals surface area contributed by atoms with E-state index in [1.54, 1.807) is 42.3 Å². The molecule has 154 valence electrons. The second-order valence-corrected chi connectivity index (χ2v) is 6.91. The van der Waals surface area contributed by atoms with Gasteiger partial charge in [-0.2, -0.15) is 0 Å². The third kappa shape index (κ3) is 5.23. The number of nitrogens with two attached hydrogens (primary N) is 1. The highest BCUT2D eigenvalue weighted by Crippen LogP contribution is 2.19. The highest BCUT2D eigenvalue weighted by Gasteiger charge is 2.25. The van der Waals surface area contributed by atoms with Gasteiger partial charge in [-0.3, -0.25) is 9.59 Å². The summed E-state index contributed by atoms with van der Waals surface area (Å²) in [5, 5.41) is 0. The molecule has 0 bridgehead atoms. The fourth-order valence-corrected chi connectivity index (χ4v) is 3.43. The Morgan fingerprint density at radius 1 is 1.14 bits per heavy atom. The van der Waals surface area contributed by atoms with Crippen molar-refractivity contribution < 1.29 is 28.4 Å². The first kappa shape index (κ1) is 20.6. The van der Waals surface area contributed by atoms with E-state index in [-0.39, 0.29) is 23.9 Å². The number of para-hydroxylation sites is 1. The number of hydrogen-bond donors (Lipinski definition) is 2. The first-order chi connectivity index (χ1) is 14.0. The monoisotopic (exact) mass is 402 g/mol. The van der Waals surface area contributed by atoms with Crippen LogP contribution in [0.3, 0.4) is 0 Å². The molecule has 2 aromatic carbocycles. The summed E-state index contributed by atoms with van der Waals surface area (Å²) in [4.78, 5) is 26.9. The lowest BCUT2D eigenvalue weighted by molar-refractivity contribution is -0.917. The molecule has 0 spiro atoms. The first-order valence-electron chi connectivity index (χ1n) is 9.43. The number of primary amides is 1. The van der Waals surface area contributed by atoms with Gasteiger partial charge in [0.15, 0.2) is 6.61 Å². The van der Waals surface area contributed by atoms with Gasteiger partial charge in [0.25, 0.3) is 11.8 Å². The van der Waals surface area contributed by atoms with E-state index < -0.39 is 5.91 Å². The number of rotatable bonds is 7. The van der Waals surface area contributed by atoms with E-state index in [0.29, 0.717) is 31.1 Å². The van der Waals surface area contributed by atoms with Crippen molar-refractivity contribution >= 4 is 11.8 Å². The zero-order chi connectivity index (χ0) is 20.8. The predicted molar refractivity (Wildman–Crippen MR) is 104 cm³/mol. The topological polar surface area (TPSA) is 86.3 Å². The third-order valence-electron chi connectivity index (χ3n) is 5.01. The molecule has 0 aromatic heterocycles. The average molecular weight is 402 g/mol. The molecule has 1 fully saturated rings. The Balaban J connectivity index is 1.51. The van der Waals surface area contributed by atoms with Gasteiger partial charge < -0.3 is 25.0 Å². The van der Waals surface area contributed by atoms with Gasteiger partial charge in [-0.25, -0.2) is 4.39 Å². The summed E-state index contributed by atoms with van der Waals surface area (Å²) >= 11 is 0. The molecule has 0 unspecified atom stereocenters. The van der Waals surface area contributed by atoms with Crippen LogP contribution in [0.4, 0.5) is 4.39 Å². The van der Waals surface area contributed by atoms with Gasteiger partial charge in [0.05, 0.1) is 44.4 Å². The fourth-order valence-electron chi connectivity index (χ4n) is 3.43. The molecule has 1 aliphatic rings. The van der Waals surface area contributed by atoms with Crippen molar-refractivity contribution in [1.82, 2.24) is 4.90 Å². The number of methoxy groups -OCH3 is 1. The number of nitrogens with one attached hydrogen (secondary N) is 1. The molecule has 0 saturated carbocycles. The maximum atomic E-state index is 13.5. The van der Waals surface area contributed by atoms with Crippen LogP contribution in [0.5, 0.6) is 11.5 Å². The lowest BCUT2D eigenvalue weighted by Gasteiger charge is -2.32. The number of amides is 2. The van der Waals surface area contributed by atoms with E-state index in [2.05, 4.69) is 0 Å². The minimum atomic E-state index is -0.599. The van der Waals surface area contributed by atoms with Crippen LogP contribution < -0.4 is 20.1 Å². The molecule has 1 heterocycles. The molecule has 7 nitrogen and oxygen atoms in total. The molecule has 0 atom stereocenters. The van der Waals surface area contributed by atoms with Gasteiger partial charge >= 0.3 is 0 Å². The summed E-state index contributed by atoms with van der Waals surface area (Å²) in [5.74, 6) is -0.0677. The number of ether oxygens (including phenoxy) is 2. The van der Waals surface area contributed by atoms with Crippen LogP contribution in [0, 0.1) is 5.82 Å². The average Bonchev–Trinajstić information content (AvgIpc) is 2.73. The van der Waals surface area contributed by atoms with E-state index in [9.17, 15) is 14.0 Å².